The van der Waals surface area contributed by atoms with Gasteiger partial charge in [-0.1, -0.05) is 19.3 Å². The molecule has 0 spiro atoms. The van der Waals surface area contributed by atoms with Crippen LogP contribution in [-0.4, -0.2) is 32.4 Å². The molecule has 0 atom stereocenters. The van der Waals surface area contributed by atoms with Crippen LogP contribution in [0, 0.1) is 5.41 Å². The van der Waals surface area contributed by atoms with Crippen molar-refractivity contribution in [2.45, 2.75) is 32.1 Å². The van der Waals surface area contributed by atoms with Gasteiger partial charge < -0.3 is 10.2 Å². The zero-order chi connectivity index (χ0) is 15.3. The summed E-state index contributed by atoms with van der Waals surface area (Å²) >= 11 is 6.17. The lowest BCUT2D eigenvalue weighted by molar-refractivity contribution is 0.0921. The van der Waals surface area contributed by atoms with E-state index in [9.17, 15) is 4.79 Å². The SMILES string of the molecule is CN(C)c1ccc(C(=O)NCC2(CCl)CCCCC2)cc1. The maximum atomic E-state index is 12.3. The summed E-state index contributed by atoms with van der Waals surface area (Å²) < 4.78 is 0. The molecule has 1 amide bonds. The monoisotopic (exact) mass is 308 g/mol. The molecule has 4 heteroatoms. The van der Waals surface area contributed by atoms with Gasteiger partial charge in [0, 0.05) is 43.2 Å². The standard InChI is InChI=1S/C17H25ClN2O/c1-20(2)15-8-6-14(7-9-15)16(21)19-13-17(12-18)10-4-3-5-11-17/h6-9H,3-5,10-13H2,1-2H3,(H,19,21). The van der Waals surface area contributed by atoms with E-state index in [0.717, 1.165) is 18.5 Å². The summed E-state index contributed by atoms with van der Waals surface area (Å²) in [7, 11) is 3.98. The summed E-state index contributed by atoms with van der Waals surface area (Å²) in [5.41, 5.74) is 1.90. The maximum absolute atomic E-state index is 12.3. The second kappa shape index (κ2) is 7.17. The van der Waals surface area contributed by atoms with E-state index in [1.807, 2.05) is 43.3 Å². The van der Waals surface area contributed by atoms with Crippen molar-refractivity contribution >= 4 is 23.2 Å². The first-order chi connectivity index (χ1) is 10.1. The molecule has 3 nitrogen and oxygen atoms in total. The number of carbonyl (C=O) groups is 1. The van der Waals surface area contributed by atoms with Crippen molar-refractivity contribution in [3.63, 3.8) is 0 Å². The minimum absolute atomic E-state index is 0.00429. The molecule has 1 aromatic rings. The fourth-order valence-corrected chi connectivity index (χ4v) is 3.30. The summed E-state index contributed by atoms with van der Waals surface area (Å²) in [5.74, 6) is 0.628. The Morgan fingerprint density at radius 1 is 1.19 bits per heavy atom. The molecule has 0 aliphatic heterocycles. The number of hydrogen-bond acceptors (Lipinski definition) is 2. The minimum Gasteiger partial charge on any atom is -0.378 e. The smallest absolute Gasteiger partial charge is 0.251 e. The van der Waals surface area contributed by atoms with Gasteiger partial charge in [0.15, 0.2) is 0 Å². The molecule has 0 bridgehead atoms. The van der Waals surface area contributed by atoms with Crippen LogP contribution in [0.3, 0.4) is 0 Å². The van der Waals surface area contributed by atoms with Crippen LogP contribution in [-0.2, 0) is 0 Å². The number of carbonyl (C=O) groups excluding carboxylic acids is 1. The van der Waals surface area contributed by atoms with E-state index in [-0.39, 0.29) is 11.3 Å². The largest absolute Gasteiger partial charge is 0.378 e. The molecule has 1 N–H and O–H groups in total. The molecule has 1 fully saturated rings. The summed E-state index contributed by atoms with van der Waals surface area (Å²) in [6, 6.07) is 7.68. The van der Waals surface area contributed by atoms with Crippen LogP contribution >= 0.6 is 11.6 Å². The van der Waals surface area contributed by atoms with Crippen LogP contribution in [0.5, 0.6) is 0 Å². The second-order valence-electron chi connectivity index (χ2n) is 6.32. The third-order valence-electron chi connectivity index (χ3n) is 4.47. The summed E-state index contributed by atoms with van der Waals surface area (Å²) in [6.07, 6.45) is 5.98. The number of alkyl halides is 1. The molecule has 0 aromatic heterocycles. The normalized spacial score (nSPS) is 17.3. The topological polar surface area (TPSA) is 32.3 Å². The zero-order valence-electron chi connectivity index (χ0n) is 13.0. The van der Waals surface area contributed by atoms with Gasteiger partial charge in [0.2, 0.25) is 0 Å². The average Bonchev–Trinajstić information content (AvgIpc) is 2.53. The van der Waals surface area contributed by atoms with Crippen molar-refractivity contribution < 1.29 is 4.79 Å². The maximum Gasteiger partial charge on any atom is 0.251 e. The van der Waals surface area contributed by atoms with Gasteiger partial charge in [-0.05, 0) is 37.1 Å². The highest BCUT2D eigenvalue weighted by Gasteiger charge is 2.31. The molecule has 116 valence electrons. The Kier molecular flexibility index (Phi) is 5.51. The van der Waals surface area contributed by atoms with Gasteiger partial charge in [-0.25, -0.2) is 0 Å². The van der Waals surface area contributed by atoms with Gasteiger partial charge in [0.25, 0.3) is 5.91 Å². The van der Waals surface area contributed by atoms with Crippen LogP contribution in [0.2, 0.25) is 0 Å². The molecule has 1 aliphatic carbocycles. The zero-order valence-corrected chi connectivity index (χ0v) is 13.7. The quantitative estimate of drug-likeness (QED) is 0.842. The van der Waals surface area contributed by atoms with E-state index in [0.29, 0.717) is 18.0 Å². The van der Waals surface area contributed by atoms with Crippen molar-refractivity contribution in [1.29, 1.82) is 0 Å². The molecule has 1 aliphatic rings. The highest BCUT2D eigenvalue weighted by atomic mass is 35.5. The number of halogens is 1. The Labute approximate surface area is 132 Å². The van der Waals surface area contributed by atoms with E-state index >= 15 is 0 Å². The predicted octanol–water partition coefficient (Wildman–Crippen LogP) is 3.67. The van der Waals surface area contributed by atoms with Crippen molar-refractivity contribution in [2.75, 3.05) is 31.4 Å². The first kappa shape index (κ1) is 16.2. The highest BCUT2D eigenvalue weighted by Crippen LogP contribution is 2.36. The number of rotatable bonds is 5. The number of benzene rings is 1. The van der Waals surface area contributed by atoms with E-state index in [4.69, 9.17) is 11.6 Å². The second-order valence-corrected chi connectivity index (χ2v) is 6.59. The van der Waals surface area contributed by atoms with Crippen LogP contribution in [0.25, 0.3) is 0 Å². The molecule has 0 heterocycles. The summed E-state index contributed by atoms with van der Waals surface area (Å²) in [6.45, 7) is 0.685. The summed E-state index contributed by atoms with van der Waals surface area (Å²) in [4.78, 5) is 14.3. The Bertz CT molecular complexity index is 464. The van der Waals surface area contributed by atoms with E-state index in [2.05, 4.69) is 5.32 Å². The van der Waals surface area contributed by atoms with Gasteiger partial charge in [-0.3, -0.25) is 4.79 Å². The van der Waals surface area contributed by atoms with Crippen molar-refractivity contribution in [1.82, 2.24) is 5.32 Å². The Balaban J connectivity index is 1.94. The molecule has 0 saturated heterocycles. The minimum atomic E-state index is -0.00429. The Hall–Kier alpha value is -1.22. The van der Waals surface area contributed by atoms with Gasteiger partial charge in [0.05, 0.1) is 0 Å². The van der Waals surface area contributed by atoms with E-state index < -0.39 is 0 Å². The number of nitrogens with one attached hydrogen (secondary N) is 1. The fraction of sp³-hybridized carbons (Fsp3) is 0.588. The van der Waals surface area contributed by atoms with Gasteiger partial charge in [0.1, 0.15) is 0 Å². The van der Waals surface area contributed by atoms with E-state index in [1.54, 1.807) is 0 Å². The van der Waals surface area contributed by atoms with Crippen LogP contribution in [0.15, 0.2) is 24.3 Å². The summed E-state index contributed by atoms with van der Waals surface area (Å²) in [5, 5.41) is 3.07. The molecular weight excluding hydrogens is 284 g/mol. The molecule has 2 rings (SSSR count). The predicted molar refractivity (Wildman–Crippen MR) is 89.3 cm³/mol. The molecule has 1 aromatic carbocycles. The van der Waals surface area contributed by atoms with Crippen molar-refractivity contribution in [3.8, 4) is 0 Å². The number of anilines is 1. The first-order valence-corrected chi connectivity index (χ1v) is 8.21. The average molecular weight is 309 g/mol. The third-order valence-corrected chi connectivity index (χ3v) is 5.03. The third kappa shape index (κ3) is 4.13. The van der Waals surface area contributed by atoms with Crippen LogP contribution in [0.1, 0.15) is 42.5 Å². The Morgan fingerprint density at radius 2 is 1.81 bits per heavy atom. The molecule has 0 radical (unpaired) electrons. The van der Waals surface area contributed by atoms with Crippen LogP contribution < -0.4 is 10.2 Å². The number of hydrogen-bond donors (Lipinski definition) is 1. The number of nitrogens with zero attached hydrogens (tertiary/aromatic N) is 1. The molecule has 1 saturated carbocycles. The lowest BCUT2D eigenvalue weighted by atomic mass is 9.75. The highest BCUT2D eigenvalue weighted by molar-refractivity contribution is 6.18. The lowest BCUT2D eigenvalue weighted by Gasteiger charge is -2.35. The fourth-order valence-electron chi connectivity index (χ4n) is 2.94. The lowest BCUT2D eigenvalue weighted by Crippen LogP contribution is -2.40. The van der Waals surface area contributed by atoms with Crippen molar-refractivity contribution in [3.05, 3.63) is 29.8 Å². The van der Waals surface area contributed by atoms with Gasteiger partial charge in [-0.2, -0.15) is 0 Å². The molecule has 0 unspecified atom stereocenters. The van der Waals surface area contributed by atoms with Crippen molar-refractivity contribution in [2.24, 2.45) is 5.41 Å². The number of amides is 1. The van der Waals surface area contributed by atoms with Gasteiger partial charge >= 0.3 is 0 Å². The van der Waals surface area contributed by atoms with Gasteiger partial charge in [-0.15, -0.1) is 11.6 Å². The van der Waals surface area contributed by atoms with E-state index in [1.165, 1.54) is 19.3 Å². The molecular formula is C17H25ClN2O. The first-order valence-electron chi connectivity index (χ1n) is 7.68. The Morgan fingerprint density at radius 3 is 2.33 bits per heavy atom. The van der Waals surface area contributed by atoms with Crippen LogP contribution in [0.4, 0.5) is 5.69 Å². The molecule has 21 heavy (non-hydrogen) atoms.